The monoisotopic (exact) mass is 316 g/mol. The minimum absolute atomic E-state index is 0.161. The third-order valence-corrected chi connectivity index (χ3v) is 5.11. The zero-order chi connectivity index (χ0) is 11.6. The number of carbonyl (C=O) groups excluding carboxylic acids is 1. The van der Waals surface area contributed by atoms with Crippen LogP contribution in [0.1, 0.15) is 16.8 Å². The highest BCUT2D eigenvalue weighted by atomic mass is 79.9. The van der Waals surface area contributed by atoms with E-state index in [1.807, 2.05) is 0 Å². The molecule has 84 valence electrons. The maximum atomic E-state index is 11.9. The minimum Gasteiger partial charge on any atom is -0.333 e. The SMILES string of the molecule is N#CC1(NC(=O)c2csc(Br)c2)CCSC1. The van der Waals surface area contributed by atoms with Crippen LogP contribution in [0.4, 0.5) is 0 Å². The van der Waals surface area contributed by atoms with Crippen LogP contribution in [-0.2, 0) is 0 Å². The van der Waals surface area contributed by atoms with Crippen LogP contribution in [0.25, 0.3) is 0 Å². The van der Waals surface area contributed by atoms with Crippen molar-refractivity contribution in [1.29, 1.82) is 5.26 Å². The lowest BCUT2D eigenvalue weighted by Gasteiger charge is -2.20. The van der Waals surface area contributed by atoms with Gasteiger partial charge < -0.3 is 5.32 Å². The molecule has 1 aromatic rings. The lowest BCUT2D eigenvalue weighted by atomic mass is 10.0. The Bertz CT molecular complexity index is 446. The maximum absolute atomic E-state index is 11.9. The molecular weight excluding hydrogens is 308 g/mol. The van der Waals surface area contributed by atoms with Gasteiger partial charge in [-0.15, -0.1) is 11.3 Å². The van der Waals surface area contributed by atoms with Crippen molar-refractivity contribution in [3.8, 4) is 6.07 Å². The van der Waals surface area contributed by atoms with Gasteiger partial charge in [-0.05, 0) is 34.2 Å². The molecular formula is C10H9BrN2OS2. The van der Waals surface area contributed by atoms with E-state index >= 15 is 0 Å². The first-order valence-electron chi connectivity index (χ1n) is 4.71. The summed E-state index contributed by atoms with van der Waals surface area (Å²) in [7, 11) is 0. The summed E-state index contributed by atoms with van der Waals surface area (Å²) >= 11 is 6.48. The molecule has 1 fully saturated rings. The molecule has 0 aromatic carbocycles. The van der Waals surface area contributed by atoms with E-state index in [0.717, 1.165) is 16.0 Å². The Kier molecular flexibility index (Phi) is 3.57. The Balaban J connectivity index is 2.10. The van der Waals surface area contributed by atoms with Crippen molar-refractivity contribution in [1.82, 2.24) is 5.32 Å². The predicted molar refractivity (Wildman–Crippen MR) is 69.8 cm³/mol. The number of thioether (sulfide) groups is 1. The van der Waals surface area contributed by atoms with E-state index < -0.39 is 5.54 Å². The summed E-state index contributed by atoms with van der Waals surface area (Å²) < 4.78 is 0.921. The van der Waals surface area contributed by atoms with Gasteiger partial charge in [0.2, 0.25) is 0 Å². The summed E-state index contributed by atoms with van der Waals surface area (Å²) in [5, 5.41) is 13.8. The topological polar surface area (TPSA) is 52.9 Å². The van der Waals surface area contributed by atoms with Gasteiger partial charge in [0.1, 0.15) is 5.54 Å². The first-order chi connectivity index (χ1) is 7.65. The largest absolute Gasteiger partial charge is 0.333 e. The fourth-order valence-corrected chi connectivity index (χ4v) is 3.90. The average Bonchev–Trinajstić information content (AvgIpc) is 2.88. The second kappa shape index (κ2) is 4.78. The van der Waals surface area contributed by atoms with Gasteiger partial charge in [-0.2, -0.15) is 17.0 Å². The zero-order valence-corrected chi connectivity index (χ0v) is 11.5. The average molecular weight is 317 g/mol. The van der Waals surface area contributed by atoms with Crippen molar-refractivity contribution in [2.24, 2.45) is 0 Å². The molecule has 1 aromatic heterocycles. The molecule has 0 spiro atoms. The number of nitriles is 1. The molecule has 2 heterocycles. The summed E-state index contributed by atoms with van der Waals surface area (Å²) in [6.07, 6.45) is 0.727. The zero-order valence-electron chi connectivity index (χ0n) is 8.33. The highest BCUT2D eigenvalue weighted by molar-refractivity contribution is 9.11. The maximum Gasteiger partial charge on any atom is 0.253 e. The standard InChI is InChI=1S/C10H9BrN2OS2/c11-8-3-7(4-16-8)9(14)13-10(5-12)1-2-15-6-10/h3-4H,1-2,6H2,(H,13,14). The summed E-state index contributed by atoms with van der Waals surface area (Å²) in [6.45, 7) is 0. The summed E-state index contributed by atoms with van der Waals surface area (Å²) in [6, 6.07) is 3.99. The van der Waals surface area contributed by atoms with Gasteiger partial charge >= 0.3 is 0 Å². The van der Waals surface area contributed by atoms with Crippen LogP contribution in [0.15, 0.2) is 15.2 Å². The molecule has 1 saturated heterocycles. The summed E-state index contributed by atoms with van der Waals surface area (Å²) in [5.41, 5.74) is -0.0562. The lowest BCUT2D eigenvalue weighted by Crippen LogP contribution is -2.47. The third kappa shape index (κ3) is 2.42. The van der Waals surface area contributed by atoms with Crippen molar-refractivity contribution in [2.75, 3.05) is 11.5 Å². The molecule has 1 aliphatic heterocycles. The number of hydrogen-bond donors (Lipinski definition) is 1. The molecule has 1 aliphatic rings. The van der Waals surface area contributed by atoms with Crippen molar-refractivity contribution >= 4 is 44.9 Å². The number of hydrogen-bond acceptors (Lipinski definition) is 4. The molecule has 0 aliphatic carbocycles. The smallest absolute Gasteiger partial charge is 0.253 e. The fraction of sp³-hybridized carbons (Fsp3) is 0.400. The first kappa shape index (κ1) is 12.0. The Morgan fingerprint density at radius 3 is 3.00 bits per heavy atom. The van der Waals surface area contributed by atoms with E-state index in [1.54, 1.807) is 23.2 Å². The second-order valence-corrected chi connectivity index (χ2v) is 6.99. The van der Waals surface area contributed by atoms with E-state index in [2.05, 4.69) is 27.3 Å². The number of nitrogens with one attached hydrogen (secondary N) is 1. The molecule has 6 heteroatoms. The van der Waals surface area contributed by atoms with Gasteiger partial charge in [0.15, 0.2) is 0 Å². The van der Waals surface area contributed by atoms with Crippen LogP contribution in [0.5, 0.6) is 0 Å². The van der Waals surface area contributed by atoms with Gasteiger partial charge in [0.25, 0.3) is 5.91 Å². The Morgan fingerprint density at radius 1 is 1.69 bits per heavy atom. The normalized spacial score (nSPS) is 24.0. The van der Waals surface area contributed by atoms with Gasteiger partial charge in [-0.25, -0.2) is 0 Å². The first-order valence-corrected chi connectivity index (χ1v) is 7.53. The number of carbonyl (C=O) groups is 1. The van der Waals surface area contributed by atoms with Gasteiger partial charge in [0.05, 0.1) is 15.4 Å². The van der Waals surface area contributed by atoms with Crippen molar-refractivity contribution in [3.05, 3.63) is 20.8 Å². The third-order valence-electron chi connectivity index (χ3n) is 2.42. The Labute approximate surface area is 110 Å². The second-order valence-electron chi connectivity index (χ2n) is 3.59. The van der Waals surface area contributed by atoms with Crippen molar-refractivity contribution < 1.29 is 4.79 Å². The van der Waals surface area contributed by atoms with E-state index in [0.29, 0.717) is 11.3 Å². The van der Waals surface area contributed by atoms with Gasteiger partial charge in [-0.1, -0.05) is 0 Å². The molecule has 2 rings (SSSR count). The summed E-state index contributed by atoms with van der Waals surface area (Å²) in [5.74, 6) is 1.45. The van der Waals surface area contributed by atoms with Crippen LogP contribution in [-0.4, -0.2) is 23.0 Å². The molecule has 3 nitrogen and oxygen atoms in total. The van der Waals surface area contributed by atoms with E-state index in [-0.39, 0.29) is 5.91 Å². The molecule has 1 N–H and O–H groups in total. The molecule has 1 unspecified atom stereocenters. The number of amides is 1. The number of rotatable bonds is 2. The predicted octanol–water partition coefficient (Wildman–Crippen LogP) is 2.64. The van der Waals surface area contributed by atoms with Crippen LogP contribution in [0.3, 0.4) is 0 Å². The van der Waals surface area contributed by atoms with Crippen LogP contribution >= 0.6 is 39.0 Å². The van der Waals surface area contributed by atoms with Crippen molar-refractivity contribution in [2.45, 2.75) is 12.0 Å². The quantitative estimate of drug-likeness (QED) is 0.912. The molecule has 16 heavy (non-hydrogen) atoms. The van der Waals surface area contributed by atoms with Crippen LogP contribution < -0.4 is 5.32 Å². The lowest BCUT2D eigenvalue weighted by molar-refractivity contribution is 0.0926. The van der Waals surface area contributed by atoms with Gasteiger partial charge in [-0.3, -0.25) is 4.79 Å². The number of halogens is 1. The van der Waals surface area contributed by atoms with E-state index in [9.17, 15) is 4.79 Å². The number of nitrogens with zero attached hydrogens (tertiary/aromatic N) is 1. The Morgan fingerprint density at radius 2 is 2.50 bits per heavy atom. The summed E-state index contributed by atoms with van der Waals surface area (Å²) in [4.78, 5) is 11.9. The van der Waals surface area contributed by atoms with Crippen LogP contribution in [0.2, 0.25) is 0 Å². The van der Waals surface area contributed by atoms with Gasteiger partial charge in [0, 0.05) is 11.1 Å². The van der Waals surface area contributed by atoms with Crippen LogP contribution in [0, 0.1) is 11.3 Å². The Hall–Kier alpha value is -0.510. The minimum atomic E-state index is -0.670. The molecule has 1 atom stereocenters. The molecule has 0 bridgehead atoms. The number of thiophene rings is 1. The van der Waals surface area contributed by atoms with E-state index in [1.165, 1.54) is 11.3 Å². The fourth-order valence-electron chi connectivity index (χ4n) is 1.50. The highest BCUT2D eigenvalue weighted by Gasteiger charge is 2.36. The van der Waals surface area contributed by atoms with Crippen molar-refractivity contribution in [3.63, 3.8) is 0 Å². The molecule has 1 amide bonds. The molecule has 0 radical (unpaired) electrons. The highest BCUT2D eigenvalue weighted by Crippen LogP contribution is 2.28. The van der Waals surface area contributed by atoms with E-state index in [4.69, 9.17) is 5.26 Å². The molecule has 0 saturated carbocycles.